The molecule has 0 saturated carbocycles. The van der Waals surface area contributed by atoms with Crippen LogP contribution in [-0.2, 0) is 14.3 Å². The maximum Gasteiger partial charge on any atom is 0.157 e. The summed E-state index contributed by atoms with van der Waals surface area (Å²) >= 11 is 0. The van der Waals surface area contributed by atoms with Gasteiger partial charge in [-0.1, -0.05) is 11.2 Å². The lowest BCUT2D eigenvalue weighted by atomic mass is 10.2. The van der Waals surface area contributed by atoms with Crippen LogP contribution in [0.5, 0.6) is 0 Å². The summed E-state index contributed by atoms with van der Waals surface area (Å²) in [6, 6.07) is 5.62. The van der Waals surface area contributed by atoms with Gasteiger partial charge in [-0.05, 0) is 31.4 Å². The van der Waals surface area contributed by atoms with Crippen molar-refractivity contribution in [1.82, 2.24) is 4.98 Å². The lowest BCUT2D eigenvalue weighted by Crippen LogP contribution is -2.23. The predicted molar refractivity (Wildman–Crippen MR) is 67.3 cm³/mol. The lowest BCUT2D eigenvalue weighted by Gasteiger charge is -2.22. The fraction of sp³-hybridized carbons (Fsp3) is 0.538. The van der Waals surface area contributed by atoms with Crippen LogP contribution >= 0.6 is 0 Å². The van der Waals surface area contributed by atoms with E-state index in [4.69, 9.17) is 14.3 Å². The zero-order valence-corrected chi connectivity index (χ0v) is 10.3. The van der Waals surface area contributed by atoms with Crippen molar-refractivity contribution in [2.24, 2.45) is 5.16 Å². The summed E-state index contributed by atoms with van der Waals surface area (Å²) in [7, 11) is 0. The fourth-order valence-electron chi connectivity index (χ4n) is 1.66. The Morgan fingerprint density at radius 3 is 3.17 bits per heavy atom. The zero-order chi connectivity index (χ0) is 12.5. The largest absolute Gasteiger partial charge is 0.393 e. The van der Waals surface area contributed by atoms with Gasteiger partial charge in [-0.2, -0.15) is 0 Å². The van der Waals surface area contributed by atoms with Crippen LogP contribution in [0.2, 0.25) is 0 Å². The van der Waals surface area contributed by atoms with Crippen LogP contribution in [0.3, 0.4) is 0 Å². The van der Waals surface area contributed by atoms with Crippen LogP contribution in [0.25, 0.3) is 0 Å². The van der Waals surface area contributed by atoms with Crippen molar-refractivity contribution < 1.29 is 14.3 Å². The molecule has 1 unspecified atom stereocenters. The molecule has 2 rings (SSSR count). The second-order valence-corrected chi connectivity index (χ2v) is 3.99. The van der Waals surface area contributed by atoms with Crippen molar-refractivity contribution in [2.75, 3.05) is 19.8 Å². The number of ether oxygens (including phenoxy) is 2. The Morgan fingerprint density at radius 1 is 1.39 bits per heavy atom. The topological polar surface area (TPSA) is 52.9 Å². The quantitative estimate of drug-likeness (QED) is 0.440. The monoisotopic (exact) mass is 250 g/mol. The van der Waals surface area contributed by atoms with Crippen LogP contribution in [-0.4, -0.2) is 37.3 Å². The van der Waals surface area contributed by atoms with E-state index in [0.717, 1.165) is 25.1 Å². The van der Waals surface area contributed by atoms with Crippen molar-refractivity contribution in [2.45, 2.75) is 25.6 Å². The molecular formula is C13H18N2O3. The van der Waals surface area contributed by atoms with Crippen molar-refractivity contribution >= 4 is 6.21 Å². The molecule has 0 aliphatic carbocycles. The molecule has 1 aliphatic heterocycles. The third-order valence-electron chi connectivity index (χ3n) is 2.56. The third kappa shape index (κ3) is 4.81. The second kappa shape index (κ2) is 7.79. The highest BCUT2D eigenvalue weighted by Gasteiger charge is 2.13. The van der Waals surface area contributed by atoms with Crippen LogP contribution in [0.1, 0.15) is 25.0 Å². The molecule has 0 amide bonds. The fourth-order valence-corrected chi connectivity index (χ4v) is 1.66. The van der Waals surface area contributed by atoms with Gasteiger partial charge in [0, 0.05) is 12.8 Å². The van der Waals surface area contributed by atoms with Gasteiger partial charge in [-0.15, -0.1) is 0 Å². The van der Waals surface area contributed by atoms with E-state index in [2.05, 4.69) is 10.1 Å². The van der Waals surface area contributed by atoms with E-state index in [1.54, 1.807) is 12.4 Å². The predicted octanol–water partition coefficient (Wildman–Crippen LogP) is 1.98. The molecule has 1 aliphatic rings. The average molecular weight is 250 g/mol. The first-order valence-electron chi connectivity index (χ1n) is 6.25. The Hall–Kier alpha value is -1.46. The maximum atomic E-state index is 5.50. The average Bonchev–Trinajstić information content (AvgIpc) is 2.45. The van der Waals surface area contributed by atoms with Gasteiger partial charge in [0.15, 0.2) is 6.29 Å². The van der Waals surface area contributed by atoms with Gasteiger partial charge < -0.3 is 14.3 Å². The van der Waals surface area contributed by atoms with Crippen LogP contribution in [0.15, 0.2) is 29.6 Å². The number of hydrogen-bond acceptors (Lipinski definition) is 5. The number of aromatic nitrogens is 1. The number of hydrogen-bond donors (Lipinski definition) is 0. The molecule has 0 bridgehead atoms. The van der Waals surface area contributed by atoms with E-state index in [0.29, 0.717) is 13.2 Å². The highest BCUT2D eigenvalue weighted by atomic mass is 16.7. The molecule has 1 saturated heterocycles. The van der Waals surface area contributed by atoms with E-state index in [9.17, 15) is 0 Å². The van der Waals surface area contributed by atoms with E-state index < -0.39 is 0 Å². The summed E-state index contributed by atoms with van der Waals surface area (Å²) in [5, 5.41) is 3.82. The van der Waals surface area contributed by atoms with E-state index in [1.165, 1.54) is 6.42 Å². The molecule has 1 aromatic rings. The van der Waals surface area contributed by atoms with Crippen molar-refractivity contribution in [3.8, 4) is 0 Å². The molecule has 18 heavy (non-hydrogen) atoms. The molecule has 5 nitrogen and oxygen atoms in total. The summed E-state index contributed by atoms with van der Waals surface area (Å²) in [5.74, 6) is 0. The van der Waals surface area contributed by atoms with Crippen LogP contribution in [0.4, 0.5) is 0 Å². The standard InChI is InChI=1S/C13H18N2O3/c1-3-7-14-12(5-1)11-15-18-10-9-17-13-6-2-4-8-16-13/h1,3,5,7,11,13H,2,4,6,8-10H2. The van der Waals surface area contributed by atoms with E-state index in [-0.39, 0.29) is 6.29 Å². The summed E-state index contributed by atoms with van der Waals surface area (Å²) in [4.78, 5) is 9.17. The smallest absolute Gasteiger partial charge is 0.157 e. The Bertz CT molecular complexity index is 351. The first-order chi connectivity index (χ1) is 8.95. The molecular weight excluding hydrogens is 232 g/mol. The van der Waals surface area contributed by atoms with Gasteiger partial charge in [0.05, 0.1) is 18.5 Å². The van der Waals surface area contributed by atoms with Gasteiger partial charge in [-0.25, -0.2) is 0 Å². The van der Waals surface area contributed by atoms with Gasteiger partial charge in [0.1, 0.15) is 6.61 Å². The Balaban J connectivity index is 1.54. The van der Waals surface area contributed by atoms with E-state index >= 15 is 0 Å². The van der Waals surface area contributed by atoms with Gasteiger partial charge in [0.25, 0.3) is 0 Å². The van der Waals surface area contributed by atoms with E-state index in [1.807, 2.05) is 18.2 Å². The molecule has 1 atom stereocenters. The Kier molecular flexibility index (Phi) is 5.62. The van der Waals surface area contributed by atoms with Crippen LogP contribution < -0.4 is 0 Å². The lowest BCUT2D eigenvalue weighted by molar-refractivity contribution is -0.168. The minimum atomic E-state index is -0.0675. The van der Waals surface area contributed by atoms with Gasteiger partial charge in [0.2, 0.25) is 0 Å². The number of oxime groups is 1. The maximum absolute atomic E-state index is 5.50. The summed E-state index contributed by atoms with van der Waals surface area (Å²) in [6.45, 7) is 1.71. The molecule has 0 N–H and O–H groups in total. The molecule has 2 heterocycles. The van der Waals surface area contributed by atoms with Crippen LogP contribution in [0, 0.1) is 0 Å². The van der Waals surface area contributed by atoms with Crippen molar-refractivity contribution in [1.29, 1.82) is 0 Å². The normalized spacial score (nSPS) is 20.1. The summed E-state index contributed by atoms with van der Waals surface area (Å²) in [6.07, 6.45) is 6.50. The van der Waals surface area contributed by atoms with Gasteiger partial charge >= 0.3 is 0 Å². The first-order valence-corrected chi connectivity index (χ1v) is 6.25. The molecule has 0 radical (unpaired) electrons. The minimum Gasteiger partial charge on any atom is -0.393 e. The van der Waals surface area contributed by atoms with Crippen molar-refractivity contribution in [3.05, 3.63) is 30.1 Å². The molecule has 98 valence electrons. The highest BCUT2D eigenvalue weighted by Crippen LogP contribution is 2.13. The molecule has 1 aromatic heterocycles. The second-order valence-electron chi connectivity index (χ2n) is 3.99. The molecule has 0 aromatic carbocycles. The number of pyridine rings is 1. The number of nitrogens with zero attached hydrogens (tertiary/aromatic N) is 2. The number of rotatable bonds is 6. The molecule has 0 spiro atoms. The molecule has 1 fully saturated rings. The Morgan fingerprint density at radius 2 is 2.39 bits per heavy atom. The summed E-state index contributed by atoms with van der Waals surface area (Å²) < 4.78 is 10.9. The first kappa shape index (κ1) is 13.0. The summed E-state index contributed by atoms with van der Waals surface area (Å²) in [5.41, 5.74) is 0.772. The van der Waals surface area contributed by atoms with Gasteiger partial charge in [-0.3, -0.25) is 4.98 Å². The highest BCUT2D eigenvalue weighted by molar-refractivity contribution is 5.76. The third-order valence-corrected chi connectivity index (χ3v) is 2.56. The van der Waals surface area contributed by atoms with Crippen molar-refractivity contribution in [3.63, 3.8) is 0 Å². The molecule has 5 heteroatoms. The minimum absolute atomic E-state index is 0.0675. The SMILES string of the molecule is C(=NOCCOC1CCCCO1)c1ccccn1. The Labute approximate surface area is 107 Å². The zero-order valence-electron chi connectivity index (χ0n) is 10.3.